The molecule has 0 aliphatic carbocycles. The molecule has 0 aliphatic rings. The summed E-state index contributed by atoms with van der Waals surface area (Å²) >= 11 is 0. The Hall–Kier alpha value is -2.36. The summed E-state index contributed by atoms with van der Waals surface area (Å²) < 4.78 is 0. The molecule has 0 spiro atoms. The van der Waals surface area contributed by atoms with Crippen LogP contribution >= 0.6 is 0 Å². The van der Waals surface area contributed by atoms with Gasteiger partial charge in [0.15, 0.2) is 0 Å². The summed E-state index contributed by atoms with van der Waals surface area (Å²) in [5, 5.41) is 12.8. The van der Waals surface area contributed by atoms with Gasteiger partial charge < -0.3 is 4.98 Å². The lowest BCUT2D eigenvalue weighted by atomic mass is 10.1. The SMILES string of the molecule is O=[N+]([O-])CCCc1cccc2c1[nH]c1ccccc12. The lowest BCUT2D eigenvalue weighted by Crippen LogP contribution is -2.02. The molecule has 1 N–H and O–H groups in total. The Morgan fingerprint density at radius 3 is 2.68 bits per heavy atom. The average molecular weight is 254 g/mol. The third-order valence-corrected chi connectivity index (χ3v) is 3.41. The Morgan fingerprint density at radius 2 is 1.84 bits per heavy atom. The van der Waals surface area contributed by atoms with Gasteiger partial charge in [0.2, 0.25) is 6.54 Å². The van der Waals surface area contributed by atoms with Crippen LogP contribution in [0.1, 0.15) is 12.0 Å². The molecule has 0 unspecified atom stereocenters. The zero-order valence-corrected chi connectivity index (χ0v) is 10.4. The van der Waals surface area contributed by atoms with Crippen molar-refractivity contribution >= 4 is 21.8 Å². The molecule has 3 aromatic rings. The maximum absolute atomic E-state index is 10.4. The van der Waals surface area contributed by atoms with Crippen molar-refractivity contribution in [2.75, 3.05) is 6.54 Å². The molecule has 0 amide bonds. The highest BCUT2D eigenvalue weighted by Gasteiger charge is 2.08. The van der Waals surface area contributed by atoms with Crippen molar-refractivity contribution in [3.05, 3.63) is 58.1 Å². The van der Waals surface area contributed by atoms with E-state index in [0.29, 0.717) is 6.42 Å². The normalized spacial score (nSPS) is 11.2. The highest BCUT2D eigenvalue weighted by atomic mass is 16.6. The number of aryl methyl sites for hydroxylation is 1. The summed E-state index contributed by atoms with van der Waals surface area (Å²) in [5.74, 6) is 0. The van der Waals surface area contributed by atoms with Crippen LogP contribution in [0, 0.1) is 10.1 Å². The highest BCUT2D eigenvalue weighted by Crippen LogP contribution is 2.27. The number of nitrogens with one attached hydrogen (secondary N) is 1. The number of hydrogen-bond acceptors (Lipinski definition) is 2. The van der Waals surface area contributed by atoms with Gasteiger partial charge in [-0.2, -0.15) is 0 Å². The van der Waals surface area contributed by atoms with E-state index in [4.69, 9.17) is 0 Å². The van der Waals surface area contributed by atoms with E-state index in [1.54, 1.807) is 0 Å². The minimum Gasteiger partial charge on any atom is -0.354 e. The van der Waals surface area contributed by atoms with Crippen molar-refractivity contribution in [3.63, 3.8) is 0 Å². The molecule has 0 bridgehead atoms. The fourth-order valence-electron chi connectivity index (χ4n) is 2.54. The largest absolute Gasteiger partial charge is 0.354 e. The van der Waals surface area contributed by atoms with Crippen molar-refractivity contribution in [1.29, 1.82) is 0 Å². The van der Waals surface area contributed by atoms with Crippen LogP contribution in [0.5, 0.6) is 0 Å². The first-order valence-electron chi connectivity index (χ1n) is 6.36. The van der Waals surface area contributed by atoms with Crippen molar-refractivity contribution in [2.24, 2.45) is 0 Å². The van der Waals surface area contributed by atoms with Crippen molar-refractivity contribution < 1.29 is 4.92 Å². The number of para-hydroxylation sites is 2. The molecule has 1 aromatic heterocycles. The molecule has 4 nitrogen and oxygen atoms in total. The molecule has 0 aliphatic heterocycles. The summed E-state index contributed by atoms with van der Waals surface area (Å²) in [4.78, 5) is 13.5. The van der Waals surface area contributed by atoms with Gasteiger partial charge in [-0.3, -0.25) is 10.1 Å². The molecule has 0 saturated heterocycles. The molecule has 4 heteroatoms. The quantitative estimate of drug-likeness (QED) is 0.572. The van der Waals surface area contributed by atoms with Crippen molar-refractivity contribution in [1.82, 2.24) is 4.98 Å². The molecule has 1 heterocycles. The van der Waals surface area contributed by atoms with E-state index in [2.05, 4.69) is 23.2 Å². The van der Waals surface area contributed by atoms with E-state index >= 15 is 0 Å². The van der Waals surface area contributed by atoms with Crippen molar-refractivity contribution in [3.8, 4) is 0 Å². The second-order valence-corrected chi connectivity index (χ2v) is 4.67. The Bertz CT molecular complexity index is 746. The number of nitrogens with zero attached hydrogens (tertiary/aromatic N) is 1. The zero-order chi connectivity index (χ0) is 13.2. The second kappa shape index (κ2) is 4.72. The molecule has 19 heavy (non-hydrogen) atoms. The topological polar surface area (TPSA) is 58.9 Å². The van der Waals surface area contributed by atoms with Crippen LogP contribution in [0.15, 0.2) is 42.5 Å². The first-order chi connectivity index (χ1) is 9.25. The molecular formula is C15H14N2O2. The number of fused-ring (bicyclic) bond motifs is 3. The van der Waals surface area contributed by atoms with Gasteiger partial charge in [0.25, 0.3) is 0 Å². The molecule has 96 valence electrons. The number of hydrogen-bond donors (Lipinski definition) is 1. The van der Waals surface area contributed by atoms with Gasteiger partial charge >= 0.3 is 0 Å². The minimum atomic E-state index is -0.259. The van der Waals surface area contributed by atoms with Crippen LogP contribution < -0.4 is 0 Å². The van der Waals surface area contributed by atoms with E-state index in [9.17, 15) is 10.1 Å². The van der Waals surface area contributed by atoms with Gasteiger partial charge in [0, 0.05) is 33.1 Å². The standard InChI is InChI=1S/C15H14N2O2/c18-17(19)10-4-6-11-5-3-8-13-12-7-1-2-9-14(12)16-15(11)13/h1-3,5,7-9,16H,4,6,10H2. The lowest BCUT2D eigenvalue weighted by molar-refractivity contribution is -0.480. The van der Waals surface area contributed by atoms with Gasteiger partial charge in [-0.05, 0) is 18.1 Å². The lowest BCUT2D eigenvalue weighted by Gasteiger charge is -2.01. The second-order valence-electron chi connectivity index (χ2n) is 4.67. The van der Waals surface area contributed by atoms with Gasteiger partial charge in [-0.1, -0.05) is 36.4 Å². The first-order valence-corrected chi connectivity index (χ1v) is 6.36. The first kappa shape index (κ1) is 11.7. The number of aromatic amines is 1. The summed E-state index contributed by atoms with van der Waals surface area (Å²) in [6.45, 7) is 0.0244. The maximum Gasteiger partial charge on any atom is 0.204 e. The number of H-pyrrole nitrogens is 1. The van der Waals surface area contributed by atoms with E-state index < -0.39 is 0 Å². The van der Waals surface area contributed by atoms with Crippen LogP contribution in [0.3, 0.4) is 0 Å². The monoisotopic (exact) mass is 254 g/mol. The third-order valence-electron chi connectivity index (χ3n) is 3.41. The Morgan fingerprint density at radius 1 is 1.05 bits per heavy atom. The zero-order valence-electron chi connectivity index (χ0n) is 10.4. The molecular weight excluding hydrogens is 240 g/mol. The smallest absolute Gasteiger partial charge is 0.204 e. The van der Waals surface area contributed by atoms with E-state index in [-0.39, 0.29) is 11.5 Å². The number of nitro groups is 1. The molecule has 0 fully saturated rings. The Labute approximate surface area is 110 Å². The van der Waals surface area contributed by atoms with Crippen LogP contribution in [0.4, 0.5) is 0 Å². The number of rotatable bonds is 4. The summed E-state index contributed by atoms with van der Waals surface area (Å²) in [7, 11) is 0. The maximum atomic E-state index is 10.4. The predicted molar refractivity (Wildman–Crippen MR) is 76.0 cm³/mol. The van der Waals surface area contributed by atoms with E-state index in [1.165, 1.54) is 10.8 Å². The predicted octanol–water partition coefficient (Wildman–Crippen LogP) is 3.53. The molecule has 3 rings (SSSR count). The van der Waals surface area contributed by atoms with Crippen LogP contribution in [0.2, 0.25) is 0 Å². The number of benzene rings is 2. The molecule has 0 atom stereocenters. The van der Waals surface area contributed by atoms with Gasteiger partial charge in [-0.25, -0.2) is 0 Å². The summed E-state index contributed by atoms with van der Waals surface area (Å²) in [6.07, 6.45) is 1.30. The molecule has 0 radical (unpaired) electrons. The fraction of sp³-hybridized carbons (Fsp3) is 0.200. The van der Waals surface area contributed by atoms with Gasteiger partial charge in [-0.15, -0.1) is 0 Å². The van der Waals surface area contributed by atoms with Crippen LogP contribution in [-0.4, -0.2) is 16.5 Å². The van der Waals surface area contributed by atoms with Gasteiger partial charge in [0.05, 0.1) is 0 Å². The van der Waals surface area contributed by atoms with Crippen LogP contribution in [-0.2, 0) is 6.42 Å². The molecule has 0 saturated carbocycles. The summed E-state index contributed by atoms with van der Waals surface area (Å²) in [6, 6.07) is 14.3. The van der Waals surface area contributed by atoms with Crippen molar-refractivity contribution in [2.45, 2.75) is 12.8 Å². The van der Waals surface area contributed by atoms with Gasteiger partial charge in [0.1, 0.15) is 0 Å². The average Bonchev–Trinajstić information content (AvgIpc) is 2.78. The van der Waals surface area contributed by atoms with E-state index in [1.807, 2.05) is 24.3 Å². The number of aromatic nitrogens is 1. The van der Waals surface area contributed by atoms with E-state index in [0.717, 1.165) is 23.0 Å². The Kier molecular flexibility index (Phi) is 2.91. The highest BCUT2D eigenvalue weighted by molar-refractivity contribution is 6.08. The molecule has 2 aromatic carbocycles. The minimum absolute atomic E-state index is 0.0244. The third kappa shape index (κ3) is 2.17. The summed E-state index contributed by atoms with van der Waals surface area (Å²) in [5.41, 5.74) is 3.36. The Balaban J connectivity index is 2.03. The fourth-order valence-corrected chi connectivity index (χ4v) is 2.54. The van der Waals surface area contributed by atoms with Crippen LogP contribution in [0.25, 0.3) is 21.8 Å².